The molecule has 1 aliphatic rings. The highest BCUT2D eigenvalue weighted by Gasteiger charge is 2.29. The van der Waals surface area contributed by atoms with Crippen molar-refractivity contribution in [2.75, 3.05) is 20.1 Å². The number of fused-ring (bicyclic) bond motifs is 1. The number of amides is 1. The summed E-state index contributed by atoms with van der Waals surface area (Å²) in [4.78, 5) is 30.5. The summed E-state index contributed by atoms with van der Waals surface area (Å²) in [6.45, 7) is 7.63. The van der Waals surface area contributed by atoms with Crippen LogP contribution in [-0.2, 0) is 11.4 Å². The third kappa shape index (κ3) is 4.86. The molecule has 0 aliphatic carbocycles. The Hall–Kier alpha value is -2.71. The number of rotatable bonds is 4. The standard InChI is InChI=1S/C24H30N4O3S/c1-24(2,3)31-23(30)26(4)17-11-13-27(14-12-17)16-28-22(29)19-9-6-5-8-18(19)21(25-28)20-10-7-15-32-20/h5-10,15,17H,11-14,16H2,1-4H3. The topological polar surface area (TPSA) is 67.7 Å². The lowest BCUT2D eigenvalue weighted by Crippen LogP contribution is -2.48. The number of carbonyl (C=O) groups excluding carboxylic acids is 1. The van der Waals surface area contributed by atoms with Gasteiger partial charge in [0.15, 0.2) is 0 Å². The average Bonchev–Trinajstić information content (AvgIpc) is 3.29. The largest absolute Gasteiger partial charge is 0.444 e. The van der Waals surface area contributed by atoms with Crippen LogP contribution in [0.15, 0.2) is 46.6 Å². The van der Waals surface area contributed by atoms with Crippen LogP contribution in [0, 0.1) is 0 Å². The Labute approximate surface area is 192 Å². The summed E-state index contributed by atoms with van der Waals surface area (Å²) in [6.07, 6.45) is 1.37. The summed E-state index contributed by atoms with van der Waals surface area (Å²) < 4.78 is 7.08. The Kier molecular flexibility index (Phi) is 6.35. The van der Waals surface area contributed by atoms with Crippen molar-refractivity contribution in [2.24, 2.45) is 0 Å². The van der Waals surface area contributed by atoms with Gasteiger partial charge in [-0.1, -0.05) is 24.3 Å². The van der Waals surface area contributed by atoms with Gasteiger partial charge in [-0.15, -0.1) is 11.3 Å². The molecule has 170 valence electrons. The predicted octanol–water partition coefficient (Wildman–Crippen LogP) is 4.41. The number of carbonyl (C=O) groups is 1. The first-order valence-corrected chi connectivity index (χ1v) is 11.8. The monoisotopic (exact) mass is 454 g/mol. The Morgan fingerprint density at radius 1 is 1.16 bits per heavy atom. The molecule has 1 saturated heterocycles. The minimum absolute atomic E-state index is 0.0751. The molecule has 0 bridgehead atoms. The molecule has 1 amide bonds. The molecule has 4 rings (SSSR count). The second-order valence-electron chi connectivity index (χ2n) is 9.26. The Morgan fingerprint density at radius 3 is 2.47 bits per heavy atom. The van der Waals surface area contributed by atoms with Crippen LogP contribution >= 0.6 is 11.3 Å². The summed E-state index contributed by atoms with van der Waals surface area (Å²) in [5, 5.41) is 8.34. The smallest absolute Gasteiger partial charge is 0.410 e. The summed E-state index contributed by atoms with van der Waals surface area (Å²) in [6, 6.07) is 11.8. The van der Waals surface area contributed by atoms with Crippen LogP contribution < -0.4 is 5.56 Å². The van der Waals surface area contributed by atoms with E-state index >= 15 is 0 Å². The maximum Gasteiger partial charge on any atom is 0.410 e. The van der Waals surface area contributed by atoms with Gasteiger partial charge in [-0.05, 0) is 51.1 Å². The average molecular weight is 455 g/mol. The zero-order valence-electron chi connectivity index (χ0n) is 19.1. The van der Waals surface area contributed by atoms with Crippen molar-refractivity contribution >= 4 is 28.2 Å². The van der Waals surface area contributed by atoms with Crippen molar-refractivity contribution in [2.45, 2.75) is 51.9 Å². The lowest BCUT2D eigenvalue weighted by molar-refractivity contribution is 0.0134. The van der Waals surface area contributed by atoms with Crippen LogP contribution in [0.2, 0.25) is 0 Å². The van der Waals surface area contributed by atoms with Crippen LogP contribution in [0.3, 0.4) is 0 Å². The number of hydrogen-bond acceptors (Lipinski definition) is 6. The fourth-order valence-corrected chi connectivity index (χ4v) is 4.77. The molecule has 1 aromatic carbocycles. The molecule has 32 heavy (non-hydrogen) atoms. The van der Waals surface area contributed by atoms with Gasteiger partial charge in [-0.2, -0.15) is 5.10 Å². The van der Waals surface area contributed by atoms with E-state index in [2.05, 4.69) is 4.90 Å². The first kappa shape index (κ1) is 22.5. The minimum Gasteiger partial charge on any atom is -0.444 e. The quantitative estimate of drug-likeness (QED) is 0.584. The SMILES string of the molecule is CN(C(=O)OC(C)(C)C)C1CCN(Cn2nc(-c3cccs3)c3ccccc3c2=O)CC1. The number of aromatic nitrogens is 2. The van der Waals surface area contributed by atoms with Gasteiger partial charge in [0.2, 0.25) is 0 Å². The molecular weight excluding hydrogens is 424 g/mol. The molecule has 0 N–H and O–H groups in total. The summed E-state index contributed by atoms with van der Waals surface area (Å²) in [5.41, 5.74) is 0.263. The molecule has 3 aromatic rings. The second kappa shape index (κ2) is 9.03. The lowest BCUT2D eigenvalue weighted by atomic mass is 10.0. The van der Waals surface area contributed by atoms with E-state index in [1.165, 1.54) is 0 Å². The summed E-state index contributed by atoms with van der Waals surface area (Å²) in [7, 11) is 1.80. The van der Waals surface area contributed by atoms with E-state index in [4.69, 9.17) is 9.84 Å². The first-order valence-electron chi connectivity index (χ1n) is 10.9. The molecule has 8 heteroatoms. The number of likely N-dealkylation sites (tertiary alicyclic amines) is 1. The van der Waals surface area contributed by atoms with Crippen molar-refractivity contribution in [3.05, 3.63) is 52.1 Å². The van der Waals surface area contributed by atoms with Gasteiger partial charge in [-0.3, -0.25) is 9.69 Å². The highest BCUT2D eigenvalue weighted by molar-refractivity contribution is 7.13. The van der Waals surface area contributed by atoms with Crippen molar-refractivity contribution in [3.8, 4) is 10.6 Å². The van der Waals surface area contributed by atoms with E-state index in [0.29, 0.717) is 12.1 Å². The maximum absolute atomic E-state index is 13.1. The lowest BCUT2D eigenvalue weighted by Gasteiger charge is -2.37. The zero-order valence-corrected chi connectivity index (χ0v) is 19.9. The van der Waals surface area contributed by atoms with Gasteiger partial charge < -0.3 is 9.64 Å². The van der Waals surface area contributed by atoms with Crippen LogP contribution in [-0.4, -0.2) is 57.5 Å². The minimum atomic E-state index is -0.505. The molecule has 0 atom stereocenters. The molecule has 7 nitrogen and oxygen atoms in total. The summed E-state index contributed by atoms with van der Waals surface area (Å²) in [5.74, 6) is 0. The van der Waals surface area contributed by atoms with Gasteiger partial charge in [0.05, 0.1) is 16.9 Å². The fraction of sp³-hybridized carbons (Fsp3) is 0.458. The molecule has 3 heterocycles. The van der Waals surface area contributed by atoms with E-state index < -0.39 is 5.60 Å². The molecule has 2 aromatic heterocycles. The van der Waals surface area contributed by atoms with E-state index in [0.717, 1.165) is 41.9 Å². The Morgan fingerprint density at radius 2 is 1.84 bits per heavy atom. The number of piperidine rings is 1. The van der Waals surface area contributed by atoms with E-state index in [1.807, 2.05) is 62.5 Å². The van der Waals surface area contributed by atoms with E-state index in [9.17, 15) is 9.59 Å². The fourth-order valence-electron chi connectivity index (χ4n) is 4.05. The summed E-state index contributed by atoms with van der Waals surface area (Å²) >= 11 is 1.62. The van der Waals surface area contributed by atoms with Crippen molar-refractivity contribution in [3.63, 3.8) is 0 Å². The van der Waals surface area contributed by atoms with Crippen molar-refractivity contribution in [1.29, 1.82) is 0 Å². The maximum atomic E-state index is 13.1. The molecule has 1 aliphatic heterocycles. The van der Waals surface area contributed by atoms with E-state index in [-0.39, 0.29) is 17.7 Å². The Balaban J connectivity index is 1.49. The number of thiophene rings is 1. The molecule has 0 radical (unpaired) electrons. The predicted molar refractivity (Wildman–Crippen MR) is 128 cm³/mol. The third-order valence-corrected chi connectivity index (χ3v) is 6.62. The first-order chi connectivity index (χ1) is 15.2. The number of nitrogens with zero attached hydrogens (tertiary/aromatic N) is 4. The van der Waals surface area contributed by atoms with Crippen LogP contribution in [0.4, 0.5) is 4.79 Å². The zero-order chi connectivity index (χ0) is 22.9. The van der Waals surface area contributed by atoms with Crippen LogP contribution in [0.25, 0.3) is 21.3 Å². The van der Waals surface area contributed by atoms with Crippen LogP contribution in [0.5, 0.6) is 0 Å². The van der Waals surface area contributed by atoms with Gasteiger partial charge in [-0.25, -0.2) is 9.48 Å². The highest BCUT2D eigenvalue weighted by atomic mass is 32.1. The highest BCUT2D eigenvalue weighted by Crippen LogP contribution is 2.28. The molecule has 0 unspecified atom stereocenters. The van der Waals surface area contributed by atoms with Crippen molar-refractivity contribution < 1.29 is 9.53 Å². The van der Waals surface area contributed by atoms with Gasteiger partial charge in [0.25, 0.3) is 5.56 Å². The van der Waals surface area contributed by atoms with Gasteiger partial charge >= 0.3 is 6.09 Å². The van der Waals surface area contributed by atoms with E-state index in [1.54, 1.807) is 28.0 Å². The van der Waals surface area contributed by atoms with Crippen molar-refractivity contribution in [1.82, 2.24) is 19.6 Å². The third-order valence-electron chi connectivity index (χ3n) is 5.74. The number of hydrogen-bond donors (Lipinski definition) is 0. The molecule has 1 fully saturated rings. The molecular formula is C24H30N4O3S. The second-order valence-corrected chi connectivity index (χ2v) is 10.2. The van der Waals surface area contributed by atoms with Crippen LogP contribution in [0.1, 0.15) is 33.6 Å². The number of ether oxygens (including phenoxy) is 1. The molecule has 0 saturated carbocycles. The molecule has 0 spiro atoms. The van der Waals surface area contributed by atoms with Gasteiger partial charge in [0.1, 0.15) is 11.3 Å². The normalized spacial score (nSPS) is 15.8. The van der Waals surface area contributed by atoms with Gasteiger partial charge in [0, 0.05) is 31.6 Å². The number of benzene rings is 1. The Bertz CT molecular complexity index is 1140.